The van der Waals surface area contributed by atoms with Gasteiger partial charge in [0, 0.05) is 34.9 Å². The van der Waals surface area contributed by atoms with Gasteiger partial charge in [-0.05, 0) is 12.1 Å². The Hall–Kier alpha value is -1.43. The third-order valence-corrected chi connectivity index (χ3v) is 2.23. The second-order valence-electron chi connectivity index (χ2n) is 2.91. The molecule has 15 heavy (non-hydrogen) atoms. The summed E-state index contributed by atoms with van der Waals surface area (Å²) in [5.41, 5.74) is 1.55. The summed E-state index contributed by atoms with van der Waals surface area (Å²) in [6.07, 6.45) is 3.31. The maximum Gasteiger partial charge on any atom is 0.277 e. The van der Waals surface area contributed by atoms with Crippen molar-refractivity contribution in [2.24, 2.45) is 0 Å². The Labute approximate surface area is 95.7 Å². The van der Waals surface area contributed by atoms with E-state index in [1.54, 1.807) is 30.5 Å². The first kappa shape index (κ1) is 11.6. The van der Waals surface area contributed by atoms with Crippen molar-refractivity contribution in [2.45, 2.75) is 0 Å². The van der Waals surface area contributed by atoms with Gasteiger partial charge in [-0.15, -0.1) is 0 Å². The van der Waals surface area contributed by atoms with Crippen molar-refractivity contribution in [1.82, 2.24) is 9.88 Å². The Morgan fingerprint density at radius 1 is 1.80 bits per heavy atom. The van der Waals surface area contributed by atoms with Crippen LogP contribution in [0.15, 0.2) is 29.5 Å². The molecule has 0 aliphatic rings. The molecule has 0 saturated heterocycles. The molecular formula is C9H10BrN3O2. The highest BCUT2D eigenvalue weighted by molar-refractivity contribution is 9.11. The number of aromatic nitrogens is 1. The third-order valence-electron chi connectivity index (χ3n) is 1.80. The number of nitrogens with zero attached hydrogens (tertiary/aromatic N) is 3. The summed E-state index contributed by atoms with van der Waals surface area (Å²) < 4.78 is 0. The molecular weight excluding hydrogens is 262 g/mol. The molecule has 5 nitrogen and oxygen atoms in total. The molecule has 0 atom stereocenters. The van der Waals surface area contributed by atoms with E-state index in [0.717, 1.165) is 11.3 Å². The van der Waals surface area contributed by atoms with Gasteiger partial charge in [-0.25, -0.2) is 0 Å². The molecule has 0 saturated carbocycles. The van der Waals surface area contributed by atoms with Crippen LogP contribution in [0, 0.1) is 10.1 Å². The molecule has 6 heteroatoms. The van der Waals surface area contributed by atoms with Crippen molar-refractivity contribution < 1.29 is 4.92 Å². The van der Waals surface area contributed by atoms with E-state index in [1.807, 2.05) is 6.07 Å². The highest BCUT2D eigenvalue weighted by atomic mass is 79.9. The zero-order valence-corrected chi connectivity index (χ0v) is 9.72. The Balaban J connectivity index is 2.86. The van der Waals surface area contributed by atoms with E-state index in [-0.39, 0.29) is 11.6 Å². The fourth-order valence-electron chi connectivity index (χ4n) is 1.13. The average molecular weight is 272 g/mol. The SMILES string of the molecule is CN(C[N+](=O)[O-])/C(=C/Br)c1cccnc1. The van der Waals surface area contributed by atoms with Gasteiger partial charge in [0.25, 0.3) is 6.67 Å². The number of hydrogen-bond donors (Lipinski definition) is 0. The summed E-state index contributed by atoms with van der Waals surface area (Å²) in [6.45, 7) is -0.244. The largest absolute Gasteiger partial charge is 0.314 e. The van der Waals surface area contributed by atoms with Crippen LogP contribution in [0.1, 0.15) is 5.56 Å². The molecule has 1 rings (SSSR count). The number of nitro groups is 1. The van der Waals surface area contributed by atoms with Crippen molar-refractivity contribution in [1.29, 1.82) is 0 Å². The van der Waals surface area contributed by atoms with Crippen molar-refractivity contribution in [3.63, 3.8) is 0 Å². The van der Waals surface area contributed by atoms with Gasteiger partial charge in [-0.2, -0.15) is 0 Å². The monoisotopic (exact) mass is 271 g/mol. The molecule has 1 aromatic heterocycles. The lowest BCUT2D eigenvalue weighted by atomic mass is 10.2. The lowest BCUT2D eigenvalue weighted by Crippen LogP contribution is -2.23. The van der Waals surface area contributed by atoms with Crippen LogP contribution in [0.25, 0.3) is 5.70 Å². The number of halogens is 1. The molecule has 0 N–H and O–H groups in total. The quantitative estimate of drug-likeness (QED) is 0.477. The van der Waals surface area contributed by atoms with Crippen LogP contribution in [-0.2, 0) is 0 Å². The van der Waals surface area contributed by atoms with Gasteiger partial charge in [0.2, 0.25) is 0 Å². The van der Waals surface area contributed by atoms with Crippen LogP contribution in [0.2, 0.25) is 0 Å². The number of pyridine rings is 1. The molecule has 0 radical (unpaired) electrons. The molecule has 0 spiro atoms. The highest BCUT2D eigenvalue weighted by Crippen LogP contribution is 2.17. The number of rotatable bonds is 4. The standard InChI is InChI=1S/C9H10BrN3O2/c1-12(7-13(14)15)9(5-10)8-3-2-4-11-6-8/h2-6H,7H2,1H3/b9-5+. The Bertz CT molecular complexity index is 367. The second kappa shape index (κ2) is 5.45. The lowest BCUT2D eigenvalue weighted by molar-refractivity contribution is -0.498. The van der Waals surface area contributed by atoms with Crippen molar-refractivity contribution in [3.05, 3.63) is 45.2 Å². The third kappa shape index (κ3) is 3.32. The van der Waals surface area contributed by atoms with Gasteiger partial charge in [-0.3, -0.25) is 15.1 Å². The minimum absolute atomic E-state index is 0.244. The maximum atomic E-state index is 10.4. The fraction of sp³-hybridized carbons (Fsp3) is 0.222. The van der Waals surface area contributed by atoms with Gasteiger partial charge < -0.3 is 4.90 Å². The van der Waals surface area contributed by atoms with Gasteiger partial charge in [0.15, 0.2) is 0 Å². The van der Waals surface area contributed by atoms with Crippen molar-refractivity contribution >= 4 is 21.6 Å². The van der Waals surface area contributed by atoms with Crippen LogP contribution in [0.3, 0.4) is 0 Å². The smallest absolute Gasteiger partial charge is 0.277 e. The topological polar surface area (TPSA) is 59.3 Å². The van der Waals surface area contributed by atoms with E-state index in [1.165, 1.54) is 4.90 Å². The van der Waals surface area contributed by atoms with Gasteiger partial charge in [0.05, 0.1) is 5.70 Å². The summed E-state index contributed by atoms with van der Waals surface area (Å²) in [4.78, 5) is 17.1. The zero-order valence-electron chi connectivity index (χ0n) is 8.13. The van der Waals surface area contributed by atoms with Gasteiger partial charge in [0.1, 0.15) is 0 Å². The summed E-state index contributed by atoms with van der Waals surface area (Å²) in [5, 5.41) is 10.4. The molecule has 0 bridgehead atoms. The average Bonchev–Trinajstić information content (AvgIpc) is 2.19. The number of hydrogen-bond acceptors (Lipinski definition) is 4. The van der Waals surface area contributed by atoms with Crippen LogP contribution >= 0.6 is 15.9 Å². The normalized spacial score (nSPS) is 11.2. The van der Waals surface area contributed by atoms with E-state index >= 15 is 0 Å². The first-order chi connectivity index (χ1) is 7.15. The predicted molar refractivity (Wildman–Crippen MR) is 60.8 cm³/mol. The van der Waals surface area contributed by atoms with Crippen LogP contribution in [-0.4, -0.2) is 28.5 Å². The molecule has 80 valence electrons. The molecule has 0 amide bonds. The molecule has 0 aliphatic heterocycles. The van der Waals surface area contributed by atoms with E-state index in [2.05, 4.69) is 20.9 Å². The summed E-state index contributed by atoms with van der Waals surface area (Å²) in [5.74, 6) is 0. The van der Waals surface area contributed by atoms with Gasteiger partial charge >= 0.3 is 0 Å². The van der Waals surface area contributed by atoms with E-state index < -0.39 is 0 Å². The lowest BCUT2D eigenvalue weighted by Gasteiger charge is -2.17. The van der Waals surface area contributed by atoms with Gasteiger partial charge in [-0.1, -0.05) is 15.9 Å². The molecule has 0 unspecified atom stereocenters. The molecule has 0 aromatic carbocycles. The van der Waals surface area contributed by atoms with Crippen LogP contribution in [0.4, 0.5) is 0 Å². The zero-order chi connectivity index (χ0) is 11.3. The molecule has 0 aliphatic carbocycles. The Kier molecular flexibility index (Phi) is 4.23. The van der Waals surface area contributed by atoms with Crippen molar-refractivity contribution in [2.75, 3.05) is 13.7 Å². The van der Waals surface area contributed by atoms with E-state index in [9.17, 15) is 10.1 Å². The molecule has 1 aromatic rings. The van der Waals surface area contributed by atoms with Crippen molar-refractivity contribution in [3.8, 4) is 0 Å². The Morgan fingerprint density at radius 2 is 2.53 bits per heavy atom. The predicted octanol–water partition coefficient (Wildman–Crippen LogP) is 1.94. The summed E-state index contributed by atoms with van der Waals surface area (Å²) >= 11 is 3.19. The first-order valence-corrected chi connectivity index (χ1v) is 5.10. The minimum atomic E-state index is -0.382. The first-order valence-electron chi connectivity index (χ1n) is 4.19. The fourth-order valence-corrected chi connectivity index (χ4v) is 1.74. The van der Waals surface area contributed by atoms with Crippen LogP contribution in [0.5, 0.6) is 0 Å². The Morgan fingerprint density at radius 3 is 3.00 bits per heavy atom. The minimum Gasteiger partial charge on any atom is -0.314 e. The molecule has 1 heterocycles. The summed E-state index contributed by atoms with van der Waals surface area (Å²) in [7, 11) is 1.66. The summed E-state index contributed by atoms with van der Waals surface area (Å²) in [6, 6.07) is 3.63. The van der Waals surface area contributed by atoms with E-state index in [0.29, 0.717) is 0 Å². The highest BCUT2D eigenvalue weighted by Gasteiger charge is 2.11. The molecule has 0 fully saturated rings. The second-order valence-corrected chi connectivity index (χ2v) is 3.37. The van der Waals surface area contributed by atoms with Crippen LogP contribution < -0.4 is 0 Å². The maximum absolute atomic E-state index is 10.4. The van der Waals surface area contributed by atoms with E-state index in [4.69, 9.17) is 0 Å².